The molecule has 1 N–H and O–H groups in total. The molecule has 1 heterocycles. The number of carbonyl (C=O) groups excluding carboxylic acids is 3. The first-order valence-corrected chi connectivity index (χ1v) is 12.6. The molecule has 0 saturated carbocycles. The van der Waals surface area contributed by atoms with Crippen molar-refractivity contribution in [2.45, 2.75) is 18.9 Å². The number of methoxy groups -OCH3 is 4. The molecule has 2 atom stereocenters. The van der Waals surface area contributed by atoms with Crippen LogP contribution in [0.3, 0.4) is 0 Å². The number of hydrogen-bond acceptors (Lipinski definition) is 8. The van der Waals surface area contributed by atoms with Crippen molar-refractivity contribution in [2.75, 3.05) is 47.4 Å². The first kappa shape index (κ1) is 28.3. The van der Waals surface area contributed by atoms with Gasteiger partial charge in [-0.05, 0) is 54.4 Å². The smallest absolute Gasteiger partial charge is 0.340 e. The van der Waals surface area contributed by atoms with Crippen molar-refractivity contribution in [1.29, 1.82) is 0 Å². The molecule has 4 rings (SSSR count). The van der Waals surface area contributed by atoms with Gasteiger partial charge >= 0.3 is 5.97 Å². The zero-order valence-electron chi connectivity index (χ0n) is 23.3. The van der Waals surface area contributed by atoms with Gasteiger partial charge in [0.2, 0.25) is 5.91 Å². The van der Waals surface area contributed by atoms with Gasteiger partial charge in [-0.2, -0.15) is 0 Å². The minimum absolute atomic E-state index is 0.188. The molecule has 3 aromatic rings. The summed E-state index contributed by atoms with van der Waals surface area (Å²) in [4.78, 5) is 42.0. The Bertz CT molecular complexity index is 1440. The molecule has 10 nitrogen and oxygen atoms in total. The highest BCUT2D eigenvalue weighted by molar-refractivity contribution is 6.07. The fourth-order valence-corrected chi connectivity index (χ4v) is 4.97. The van der Waals surface area contributed by atoms with Crippen LogP contribution in [0.15, 0.2) is 54.6 Å². The molecule has 0 aromatic heterocycles. The minimum Gasteiger partial charge on any atom is -0.493 e. The van der Waals surface area contributed by atoms with Crippen molar-refractivity contribution in [3.8, 4) is 23.0 Å². The Balaban J connectivity index is 1.90. The number of ether oxygens (including phenoxy) is 5. The molecule has 0 saturated heterocycles. The number of likely N-dealkylation sites (N-methyl/N-ethyl adjacent to an activating group) is 1. The summed E-state index contributed by atoms with van der Waals surface area (Å²) in [7, 11) is 7.64. The van der Waals surface area contributed by atoms with Crippen LogP contribution in [0.2, 0.25) is 0 Å². The number of esters is 1. The van der Waals surface area contributed by atoms with E-state index in [1.807, 2.05) is 0 Å². The molecular weight excluding hydrogens is 516 g/mol. The van der Waals surface area contributed by atoms with Crippen LogP contribution in [-0.4, -0.2) is 64.8 Å². The van der Waals surface area contributed by atoms with Gasteiger partial charge < -0.3 is 33.9 Å². The average molecular weight is 549 g/mol. The standard InChI is InChI=1S/C30H32N2O8/c1-7-40-30(35)18-10-8-9-11-21(18)31-28(33)26-19-15-24(38-5)25(39-6)16-20(19)29(34)32(2)27(26)17-12-13-22(36-3)23(14-17)37-4/h8-16,26-27H,7H2,1-6H3,(H,31,33). The summed E-state index contributed by atoms with van der Waals surface area (Å²) in [6.07, 6.45) is 0. The summed E-state index contributed by atoms with van der Waals surface area (Å²) in [5.74, 6) is -0.522. The van der Waals surface area contributed by atoms with Crippen LogP contribution in [-0.2, 0) is 9.53 Å². The van der Waals surface area contributed by atoms with Crippen LogP contribution < -0.4 is 24.3 Å². The largest absolute Gasteiger partial charge is 0.493 e. The van der Waals surface area contributed by atoms with Crippen LogP contribution in [0.4, 0.5) is 5.69 Å². The van der Waals surface area contributed by atoms with Crippen LogP contribution >= 0.6 is 0 Å². The highest BCUT2D eigenvalue weighted by Gasteiger charge is 2.44. The Kier molecular flexibility index (Phi) is 8.47. The molecular formula is C30H32N2O8. The van der Waals surface area contributed by atoms with Crippen LogP contribution in [0.25, 0.3) is 0 Å². The van der Waals surface area contributed by atoms with E-state index in [-0.39, 0.29) is 18.1 Å². The van der Waals surface area contributed by atoms with Crippen molar-refractivity contribution < 1.29 is 38.1 Å². The van der Waals surface area contributed by atoms with E-state index in [4.69, 9.17) is 23.7 Å². The van der Waals surface area contributed by atoms with Gasteiger partial charge in [-0.1, -0.05) is 18.2 Å². The molecule has 0 bridgehead atoms. The van der Waals surface area contributed by atoms with Gasteiger partial charge in [0, 0.05) is 12.6 Å². The van der Waals surface area contributed by atoms with Crippen LogP contribution in [0.1, 0.15) is 50.7 Å². The predicted octanol–water partition coefficient (Wildman–Crippen LogP) is 4.45. The Hall–Kier alpha value is -4.73. The van der Waals surface area contributed by atoms with E-state index in [1.165, 1.54) is 33.3 Å². The van der Waals surface area contributed by atoms with E-state index >= 15 is 0 Å². The quantitative estimate of drug-likeness (QED) is 0.391. The zero-order chi connectivity index (χ0) is 29.0. The first-order chi connectivity index (χ1) is 19.3. The lowest BCUT2D eigenvalue weighted by Crippen LogP contribution is -2.44. The van der Waals surface area contributed by atoms with E-state index in [0.717, 1.165) is 0 Å². The van der Waals surface area contributed by atoms with Crippen molar-refractivity contribution in [3.05, 3.63) is 76.9 Å². The Morgan fingerprint density at radius 1 is 0.850 bits per heavy atom. The summed E-state index contributed by atoms with van der Waals surface area (Å²) in [6.45, 7) is 1.90. The number of anilines is 1. The monoisotopic (exact) mass is 548 g/mol. The third kappa shape index (κ3) is 5.12. The molecule has 0 radical (unpaired) electrons. The molecule has 2 unspecified atom stereocenters. The van der Waals surface area contributed by atoms with Crippen molar-refractivity contribution in [2.24, 2.45) is 0 Å². The van der Waals surface area contributed by atoms with E-state index in [0.29, 0.717) is 45.4 Å². The van der Waals surface area contributed by atoms with Crippen LogP contribution in [0, 0.1) is 0 Å². The number of benzene rings is 3. The third-order valence-electron chi connectivity index (χ3n) is 6.89. The number of para-hydroxylation sites is 1. The van der Waals surface area contributed by atoms with Crippen molar-refractivity contribution >= 4 is 23.5 Å². The maximum absolute atomic E-state index is 14.2. The molecule has 40 heavy (non-hydrogen) atoms. The molecule has 1 aliphatic heterocycles. The van der Waals surface area contributed by atoms with Gasteiger partial charge in [-0.15, -0.1) is 0 Å². The minimum atomic E-state index is -0.911. The summed E-state index contributed by atoms with van der Waals surface area (Å²) < 4.78 is 27.0. The van der Waals surface area contributed by atoms with E-state index in [9.17, 15) is 14.4 Å². The summed E-state index contributed by atoms with van der Waals surface area (Å²) in [6, 6.07) is 14.3. The number of hydrogen-bond donors (Lipinski definition) is 1. The van der Waals surface area contributed by atoms with Crippen molar-refractivity contribution in [1.82, 2.24) is 4.90 Å². The van der Waals surface area contributed by atoms with Crippen LogP contribution in [0.5, 0.6) is 23.0 Å². The number of nitrogens with one attached hydrogen (secondary N) is 1. The van der Waals surface area contributed by atoms with Gasteiger partial charge in [0.15, 0.2) is 23.0 Å². The zero-order valence-corrected chi connectivity index (χ0v) is 23.3. The van der Waals surface area contributed by atoms with Gasteiger partial charge in [0.25, 0.3) is 5.91 Å². The molecule has 1 aliphatic rings. The third-order valence-corrected chi connectivity index (χ3v) is 6.89. The fourth-order valence-electron chi connectivity index (χ4n) is 4.97. The Morgan fingerprint density at radius 2 is 1.48 bits per heavy atom. The van der Waals surface area contributed by atoms with Gasteiger partial charge in [-0.3, -0.25) is 9.59 Å². The van der Waals surface area contributed by atoms with E-state index < -0.39 is 23.8 Å². The SMILES string of the molecule is CCOC(=O)c1ccccc1NC(=O)C1c2cc(OC)c(OC)cc2C(=O)N(C)C1c1ccc(OC)c(OC)c1. The summed E-state index contributed by atoms with van der Waals surface area (Å²) in [5, 5.41) is 2.91. The van der Waals surface area contributed by atoms with Gasteiger partial charge in [0.05, 0.1) is 58.3 Å². The maximum atomic E-state index is 14.2. The second kappa shape index (κ2) is 12.0. The topological polar surface area (TPSA) is 113 Å². The number of nitrogens with zero attached hydrogens (tertiary/aromatic N) is 1. The summed E-state index contributed by atoms with van der Waals surface area (Å²) in [5.41, 5.74) is 1.90. The lowest BCUT2D eigenvalue weighted by molar-refractivity contribution is -0.119. The molecule has 0 spiro atoms. The number of fused-ring (bicyclic) bond motifs is 1. The highest BCUT2D eigenvalue weighted by Crippen LogP contribution is 2.47. The molecule has 0 aliphatic carbocycles. The molecule has 0 fully saturated rings. The number of carbonyl (C=O) groups is 3. The van der Waals surface area contributed by atoms with E-state index in [2.05, 4.69) is 5.32 Å². The number of amides is 2. The lowest BCUT2D eigenvalue weighted by atomic mass is 9.79. The summed E-state index contributed by atoms with van der Waals surface area (Å²) >= 11 is 0. The van der Waals surface area contributed by atoms with Crippen molar-refractivity contribution in [3.63, 3.8) is 0 Å². The second-order valence-electron chi connectivity index (χ2n) is 9.00. The predicted molar refractivity (Wildman–Crippen MR) is 148 cm³/mol. The molecule has 210 valence electrons. The number of rotatable bonds is 9. The van der Waals surface area contributed by atoms with E-state index in [1.54, 1.807) is 68.6 Å². The fraction of sp³-hybridized carbons (Fsp3) is 0.300. The van der Waals surface area contributed by atoms with Gasteiger partial charge in [0.1, 0.15) is 0 Å². The molecule has 10 heteroatoms. The normalized spacial score (nSPS) is 16.1. The Labute approximate surface area is 232 Å². The maximum Gasteiger partial charge on any atom is 0.340 e. The van der Waals surface area contributed by atoms with Gasteiger partial charge in [-0.25, -0.2) is 4.79 Å². The molecule has 3 aromatic carbocycles. The highest BCUT2D eigenvalue weighted by atomic mass is 16.5. The second-order valence-corrected chi connectivity index (χ2v) is 9.00. The average Bonchev–Trinajstić information content (AvgIpc) is 2.98. The lowest BCUT2D eigenvalue weighted by Gasteiger charge is -2.40. The Morgan fingerprint density at radius 3 is 2.12 bits per heavy atom. The molecule has 2 amide bonds. The first-order valence-electron chi connectivity index (χ1n) is 12.6.